The molecule has 0 bridgehead atoms. The molecule has 2 aliphatic heterocycles. The van der Waals surface area contributed by atoms with Crippen molar-refractivity contribution >= 4 is 23.8 Å². The topological polar surface area (TPSA) is 113 Å². The number of primary amides is 1. The van der Waals surface area contributed by atoms with E-state index in [4.69, 9.17) is 10.5 Å². The fraction of sp³-hybridized carbons (Fsp3) is 0.733. The fourth-order valence-corrected chi connectivity index (χ4v) is 2.94. The number of carbonyl (C=O) groups is 4. The number of hydrogen-bond acceptors (Lipinski definition) is 5. The highest BCUT2D eigenvalue weighted by molar-refractivity contribution is 6.34. The third-order valence-corrected chi connectivity index (χ3v) is 4.46. The van der Waals surface area contributed by atoms with Crippen LogP contribution in [0.5, 0.6) is 0 Å². The number of piperazine rings is 1. The molecule has 0 aliphatic carbocycles. The van der Waals surface area contributed by atoms with E-state index in [0.717, 1.165) is 0 Å². The molecule has 4 amide bonds. The van der Waals surface area contributed by atoms with Gasteiger partial charge in [0.05, 0.1) is 6.61 Å². The van der Waals surface area contributed by atoms with Crippen LogP contribution in [0.3, 0.4) is 0 Å². The van der Waals surface area contributed by atoms with Gasteiger partial charge >= 0.3 is 17.9 Å². The predicted molar refractivity (Wildman–Crippen MR) is 83.7 cm³/mol. The van der Waals surface area contributed by atoms with Crippen LogP contribution < -0.4 is 5.73 Å². The van der Waals surface area contributed by atoms with Crippen molar-refractivity contribution in [1.29, 1.82) is 0 Å². The molecule has 0 aromatic heterocycles. The number of ether oxygens (including phenoxy) is 1. The lowest BCUT2D eigenvalue weighted by Crippen LogP contribution is -2.55. The van der Waals surface area contributed by atoms with Crippen LogP contribution in [0.15, 0.2) is 0 Å². The summed E-state index contributed by atoms with van der Waals surface area (Å²) in [5.74, 6) is -1.70. The van der Waals surface area contributed by atoms with Crippen LogP contribution in [-0.2, 0) is 19.1 Å². The molecule has 2 aliphatic rings. The summed E-state index contributed by atoms with van der Waals surface area (Å²) >= 11 is 0. The van der Waals surface area contributed by atoms with E-state index in [1.165, 1.54) is 14.7 Å². The summed E-state index contributed by atoms with van der Waals surface area (Å²) < 4.78 is 4.92. The van der Waals surface area contributed by atoms with Gasteiger partial charge in [0.1, 0.15) is 0 Å². The summed E-state index contributed by atoms with van der Waals surface area (Å²) in [5, 5.41) is 0. The van der Waals surface area contributed by atoms with Crippen molar-refractivity contribution in [2.24, 2.45) is 11.7 Å². The van der Waals surface area contributed by atoms with Gasteiger partial charge < -0.3 is 25.2 Å². The summed E-state index contributed by atoms with van der Waals surface area (Å²) in [5.41, 5.74) is 5.26. The maximum absolute atomic E-state index is 12.3. The third kappa shape index (κ3) is 4.15. The lowest BCUT2D eigenvalue weighted by molar-refractivity contribution is -0.153. The summed E-state index contributed by atoms with van der Waals surface area (Å²) in [6.45, 7) is 4.07. The molecular formula is C15H24N4O5. The molecule has 9 heteroatoms. The minimum Gasteiger partial charge on any atom is -0.450 e. The molecule has 0 aromatic carbocycles. The second-order valence-corrected chi connectivity index (χ2v) is 5.95. The number of nitrogens with zero attached hydrogens (tertiary/aromatic N) is 3. The molecule has 0 unspecified atom stereocenters. The highest BCUT2D eigenvalue weighted by Gasteiger charge is 2.33. The van der Waals surface area contributed by atoms with Crippen LogP contribution in [0.2, 0.25) is 0 Å². The first-order chi connectivity index (χ1) is 11.4. The lowest BCUT2D eigenvalue weighted by Gasteiger charge is -2.36. The molecule has 0 atom stereocenters. The van der Waals surface area contributed by atoms with Gasteiger partial charge in [-0.2, -0.15) is 0 Å². The molecule has 2 rings (SSSR count). The highest BCUT2D eigenvalue weighted by atomic mass is 16.6. The van der Waals surface area contributed by atoms with E-state index in [2.05, 4.69) is 0 Å². The molecule has 134 valence electrons. The summed E-state index contributed by atoms with van der Waals surface area (Å²) in [7, 11) is 0. The number of carbonyl (C=O) groups excluding carboxylic acids is 4. The van der Waals surface area contributed by atoms with Gasteiger partial charge in [0.15, 0.2) is 0 Å². The SMILES string of the molecule is CCOC(=O)N1CCN(C(=O)C(=O)N2CCC(C(N)=O)CC2)CC1. The van der Waals surface area contributed by atoms with Crippen LogP contribution in [0.4, 0.5) is 4.79 Å². The van der Waals surface area contributed by atoms with Crippen LogP contribution in [0.1, 0.15) is 19.8 Å². The minimum atomic E-state index is -0.559. The van der Waals surface area contributed by atoms with E-state index >= 15 is 0 Å². The second-order valence-electron chi connectivity index (χ2n) is 5.95. The van der Waals surface area contributed by atoms with Crippen molar-refractivity contribution in [3.05, 3.63) is 0 Å². The lowest BCUT2D eigenvalue weighted by atomic mass is 9.96. The predicted octanol–water partition coefficient (Wildman–Crippen LogP) is -0.989. The fourth-order valence-electron chi connectivity index (χ4n) is 2.94. The zero-order valence-corrected chi connectivity index (χ0v) is 13.9. The van der Waals surface area contributed by atoms with E-state index in [9.17, 15) is 19.2 Å². The standard InChI is InChI=1S/C15H24N4O5/c1-2-24-15(23)19-9-7-18(8-10-19)14(22)13(21)17-5-3-11(4-6-17)12(16)20/h11H,2-10H2,1H3,(H2,16,20). The molecule has 0 saturated carbocycles. The second kappa shape index (κ2) is 7.98. The highest BCUT2D eigenvalue weighted by Crippen LogP contribution is 2.17. The molecule has 2 saturated heterocycles. The average molecular weight is 340 g/mol. The molecule has 0 spiro atoms. The van der Waals surface area contributed by atoms with E-state index in [1.807, 2.05) is 0 Å². The Hall–Kier alpha value is -2.32. The smallest absolute Gasteiger partial charge is 0.409 e. The zero-order valence-electron chi connectivity index (χ0n) is 13.9. The maximum atomic E-state index is 12.3. The normalized spacial score (nSPS) is 19.1. The van der Waals surface area contributed by atoms with E-state index in [1.54, 1.807) is 6.92 Å². The Morgan fingerprint density at radius 2 is 1.33 bits per heavy atom. The maximum Gasteiger partial charge on any atom is 0.409 e. The first-order valence-electron chi connectivity index (χ1n) is 8.23. The summed E-state index contributed by atoms with van der Waals surface area (Å²) in [4.78, 5) is 51.9. The summed E-state index contributed by atoms with van der Waals surface area (Å²) in [6, 6.07) is 0. The number of hydrogen-bond donors (Lipinski definition) is 1. The van der Waals surface area contributed by atoms with Gasteiger partial charge in [-0.3, -0.25) is 14.4 Å². The van der Waals surface area contributed by atoms with E-state index in [-0.39, 0.29) is 11.8 Å². The van der Waals surface area contributed by atoms with E-state index < -0.39 is 17.9 Å². The number of likely N-dealkylation sites (tertiary alicyclic amines) is 1. The van der Waals surface area contributed by atoms with Gasteiger partial charge in [-0.05, 0) is 19.8 Å². The number of nitrogens with two attached hydrogens (primary N) is 1. The quantitative estimate of drug-likeness (QED) is 0.649. The van der Waals surface area contributed by atoms with Crippen molar-refractivity contribution in [3.63, 3.8) is 0 Å². The molecule has 2 N–H and O–H groups in total. The minimum absolute atomic E-state index is 0.225. The Morgan fingerprint density at radius 1 is 0.875 bits per heavy atom. The van der Waals surface area contributed by atoms with Crippen molar-refractivity contribution < 1.29 is 23.9 Å². The van der Waals surface area contributed by atoms with Gasteiger partial charge in [0.2, 0.25) is 5.91 Å². The van der Waals surface area contributed by atoms with Crippen molar-refractivity contribution in [2.45, 2.75) is 19.8 Å². The molecule has 2 heterocycles. The molecular weight excluding hydrogens is 316 g/mol. The molecule has 0 radical (unpaired) electrons. The van der Waals surface area contributed by atoms with Crippen molar-refractivity contribution in [1.82, 2.24) is 14.7 Å². The Balaban J connectivity index is 1.81. The Labute approximate surface area is 140 Å². The molecule has 24 heavy (non-hydrogen) atoms. The van der Waals surface area contributed by atoms with Gasteiger partial charge in [-0.25, -0.2) is 4.79 Å². The van der Waals surface area contributed by atoms with Crippen LogP contribution in [-0.4, -0.2) is 84.4 Å². The molecule has 9 nitrogen and oxygen atoms in total. The third-order valence-electron chi connectivity index (χ3n) is 4.46. The zero-order chi connectivity index (χ0) is 17.7. The van der Waals surface area contributed by atoms with Crippen LogP contribution >= 0.6 is 0 Å². The number of amides is 4. The monoisotopic (exact) mass is 340 g/mol. The summed E-state index contributed by atoms with van der Waals surface area (Å²) in [6.07, 6.45) is 0.583. The average Bonchev–Trinajstić information content (AvgIpc) is 2.61. The van der Waals surface area contributed by atoms with Gasteiger partial charge in [0.25, 0.3) is 0 Å². The first kappa shape index (κ1) is 18.0. The molecule has 2 fully saturated rings. The van der Waals surface area contributed by atoms with Gasteiger partial charge in [-0.15, -0.1) is 0 Å². The Morgan fingerprint density at radius 3 is 1.79 bits per heavy atom. The first-order valence-corrected chi connectivity index (χ1v) is 8.23. The van der Waals surface area contributed by atoms with Crippen molar-refractivity contribution in [2.75, 3.05) is 45.9 Å². The number of piperidine rings is 1. The van der Waals surface area contributed by atoms with Crippen LogP contribution in [0, 0.1) is 5.92 Å². The molecule has 0 aromatic rings. The van der Waals surface area contributed by atoms with Gasteiger partial charge in [0, 0.05) is 45.2 Å². The van der Waals surface area contributed by atoms with Gasteiger partial charge in [-0.1, -0.05) is 0 Å². The Kier molecular flexibility index (Phi) is 5.99. The van der Waals surface area contributed by atoms with E-state index in [0.29, 0.717) is 58.7 Å². The van der Waals surface area contributed by atoms with Crippen molar-refractivity contribution in [3.8, 4) is 0 Å². The van der Waals surface area contributed by atoms with Crippen LogP contribution in [0.25, 0.3) is 0 Å². The largest absolute Gasteiger partial charge is 0.450 e. The Bertz CT molecular complexity index is 508. The number of rotatable bonds is 2.